The molecule has 0 spiro atoms. The summed E-state index contributed by atoms with van der Waals surface area (Å²) in [7, 11) is 3.20. The van der Waals surface area contributed by atoms with Gasteiger partial charge >= 0.3 is 0 Å². The highest BCUT2D eigenvalue weighted by Gasteiger charge is 2.17. The number of carbonyl (C=O) groups is 1. The van der Waals surface area contributed by atoms with Gasteiger partial charge in [-0.25, -0.2) is 4.98 Å². The number of benzene rings is 3. The lowest BCUT2D eigenvalue weighted by molar-refractivity contribution is 0.102. The summed E-state index contributed by atoms with van der Waals surface area (Å²) in [6.45, 7) is 2.00. The van der Waals surface area contributed by atoms with Crippen molar-refractivity contribution in [1.29, 1.82) is 0 Å². The van der Waals surface area contributed by atoms with Crippen LogP contribution in [0.15, 0.2) is 71.2 Å². The number of nitrogens with zero attached hydrogens (tertiary/aromatic N) is 1. The summed E-state index contributed by atoms with van der Waals surface area (Å²) >= 11 is 3.53. The van der Waals surface area contributed by atoms with Crippen LogP contribution in [-0.2, 0) is 0 Å². The number of anilines is 1. The number of aryl methyl sites for hydroxylation is 1. The molecule has 3 aromatic carbocycles. The van der Waals surface area contributed by atoms with Gasteiger partial charge in [0.25, 0.3) is 5.91 Å². The number of hydrogen-bond donors (Lipinski definition) is 1. The van der Waals surface area contributed by atoms with Crippen molar-refractivity contribution in [2.45, 2.75) is 6.92 Å². The zero-order valence-electron chi connectivity index (χ0n) is 17.4. The van der Waals surface area contributed by atoms with Crippen molar-refractivity contribution in [2.75, 3.05) is 19.5 Å². The molecule has 1 heterocycles. The van der Waals surface area contributed by atoms with E-state index in [2.05, 4.69) is 21.2 Å². The van der Waals surface area contributed by atoms with Crippen LogP contribution in [0.1, 0.15) is 15.9 Å². The molecule has 0 aliphatic rings. The van der Waals surface area contributed by atoms with Crippen molar-refractivity contribution in [1.82, 2.24) is 4.98 Å². The lowest BCUT2D eigenvalue weighted by Crippen LogP contribution is -2.13. The summed E-state index contributed by atoms with van der Waals surface area (Å²) in [6, 6.07) is 20.7. The molecule has 0 saturated heterocycles. The summed E-state index contributed by atoms with van der Waals surface area (Å²) in [5.41, 5.74) is 4.50. The molecule has 0 fully saturated rings. The number of aromatic nitrogens is 1. The van der Waals surface area contributed by atoms with E-state index in [1.807, 2.05) is 61.5 Å². The predicted molar refractivity (Wildman–Crippen MR) is 127 cm³/mol. The van der Waals surface area contributed by atoms with Crippen LogP contribution in [0.3, 0.4) is 0 Å². The van der Waals surface area contributed by atoms with Gasteiger partial charge in [-0.3, -0.25) is 4.79 Å². The topological polar surface area (TPSA) is 60.5 Å². The molecule has 0 atom stereocenters. The van der Waals surface area contributed by atoms with E-state index < -0.39 is 0 Å². The first-order valence-corrected chi connectivity index (χ1v) is 10.5. The second kappa shape index (κ2) is 8.78. The highest BCUT2D eigenvalue weighted by molar-refractivity contribution is 9.10. The van der Waals surface area contributed by atoms with Gasteiger partial charge in [-0.1, -0.05) is 24.3 Å². The Morgan fingerprint density at radius 2 is 1.77 bits per heavy atom. The predicted octanol–water partition coefficient (Wildman–Crippen LogP) is 6.24. The maximum Gasteiger partial charge on any atom is 0.256 e. The van der Waals surface area contributed by atoms with E-state index in [1.165, 1.54) is 0 Å². The third-order valence-electron chi connectivity index (χ3n) is 5.02. The Hall–Kier alpha value is -3.38. The Morgan fingerprint density at radius 3 is 2.52 bits per heavy atom. The van der Waals surface area contributed by atoms with Gasteiger partial charge in [0.2, 0.25) is 0 Å². The molecule has 1 N–H and O–H groups in total. The number of nitrogens with one attached hydrogen (secondary N) is 1. The summed E-state index contributed by atoms with van der Waals surface area (Å²) in [6.07, 6.45) is 0. The van der Waals surface area contributed by atoms with Crippen LogP contribution >= 0.6 is 15.9 Å². The highest BCUT2D eigenvalue weighted by Crippen LogP contribution is 2.34. The fourth-order valence-corrected chi connectivity index (χ4v) is 4.01. The number of rotatable bonds is 5. The van der Waals surface area contributed by atoms with Crippen LogP contribution < -0.4 is 14.8 Å². The Labute approximate surface area is 189 Å². The zero-order chi connectivity index (χ0) is 22.0. The van der Waals surface area contributed by atoms with Gasteiger partial charge < -0.3 is 14.8 Å². The summed E-state index contributed by atoms with van der Waals surface area (Å²) in [4.78, 5) is 18.1. The van der Waals surface area contributed by atoms with E-state index in [0.717, 1.165) is 26.5 Å². The second-order valence-corrected chi connectivity index (χ2v) is 7.93. The summed E-state index contributed by atoms with van der Waals surface area (Å²) < 4.78 is 11.7. The van der Waals surface area contributed by atoms with Crippen molar-refractivity contribution < 1.29 is 14.3 Å². The van der Waals surface area contributed by atoms with E-state index in [9.17, 15) is 4.79 Å². The Bertz CT molecular complexity index is 1290. The largest absolute Gasteiger partial charge is 0.497 e. The fourth-order valence-electron chi connectivity index (χ4n) is 3.42. The summed E-state index contributed by atoms with van der Waals surface area (Å²) in [5, 5.41) is 3.78. The van der Waals surface area contributed by atoms with E-state index in [4.69, 9.17) is 14.5 Å². The van der Waals surface area contributed by atoms with Crippen molar-refractivity contribution in [3.8, 4) is 22.8 Å². The molecule has 0 aliphatic heterocycles. The molecule has 1 amide bonds. The third-order valence-corrected chi connectivity index (χ3v) is 5.67. The molecule has 4 aromatic rings. The number of fused-ring (bicyclic) bond motifs is 1. The first-order valence-electron chi connectivity index (χ1n) is 9.70. The van der Waals surface area contributed by atoms with Gasteiger partial charge in [-0.2, -0.15) is 0 Å². The zero-order valence-corrected chi connectivity index (χ0v) is 19.0. The van der Waals surface area contributed by atoms with Crippen LogP contribution in [0.4, 0.5) is 5.69 Å². The molecular formula is C25H21BrN2O3. The van der Waals surface area contributed by atoms with E-state index in [-0.39, 0.29) is 5.91 Å². The SMILES string of the molecule is COc1ccc(-c2cc(C(=O)Nc3ccc(C)cc3Br)c3ccccc3n2)c(OC)c1. The minimum atomic E-state index is -0.211. The van der Waals surface area contributed by atoms with Crippen molar-refractivity contribution in [3.63, 3.8) is 0 Å². The Kier molecular flexibility index (Phi) is 5.91. The van der Waals surface area contributed by atoms with E-state index >= 15 is 0 Å². The molecule has 6 heteroatoms. The minimum absolute atomic E-state index is 0.211. The molecule has 5 nitrogen and oxygen atoms in total. The van der Waals surface area contributed by atoms with Crippen LogP contribution in [0.5, 0.6) is 11.5 Å². The van der Waals surface area contributed by atoms with Crippen molar-refractivity contribution in [3.05, 3.63) is 82.3 Å². The number of halogens is 1. The average Bonchev–Trinajstić information content (AvgIpc) is 2.79. The van der Waals surface area contributed by atoms with Gasteiger partial charge in [0, 0.05) is 21.5 Å². The van der Waals surface area contributed by atoms with Crippen LogP contribution in [0.25, 0.3) is 22.2 Å². The molecule has 31 heavy (non-hydrogen) atoms. The van der Waals surface area contributed by atoms with Gasteiger partial charge in [0.15, 0.2) is 0 Å². The fraction of sp³-hybridized carbons (Fsp3) is 0.120. The van der Waals surface area contributed by atoms with Crippen LogP contribution in [-0.4, -0.2) is 25.1 Å². The number of pyridine rings is 1. The van der Waals surface area contributed by atoms with Crippen molar-refractivity contribution >= 4 is 38.4 Å². The number of ether oxygens (including phenoxy) is 2. The van der Waals surface area contributed by atoms with Crippen LogP contribution in [0, 0.1) is 6.92 Å². The molecule has 0 unspecified atom stereocenters. The molecule has 0 radical (unpaired) electrons. The Balaban J connectivity index is 1.83. The molecule has 0 saturated carbocycles. The van der Waals surface area contributed by atoms with Crippen LogP contribution in [0.2, 0.25) is 0 Å². The second-order valence-electron chi connectivity index (χ2n) is 7.08. The minimum Gasteiger partial charge on any atom is -0.497 e. The first-order chi connectivity index (χ1) is 15.0. The Morgan fingerprint density at radius 1 is 0.968 bits per heavy atom. The number of carbonyl (C=O) groups excluding carboxylic acids is 1. The molecular weight excluding hydrogens is 456 g/mol. The number of hydrogen-bond acceptors (Lipinski definition) is 4. The van der Waals surface area contributed by atoms with Gasteiger partial charge in [0.05, 0.1) is 36.7 Å². The van der Waals surface area contributed by atoms with E-state index in [0.29, 0.717) is 28.4 Å². The maximum atomic E-state index is 13.3. The number of methoxy groups -OCH3 is 2. The average molecular weight is 477 g/mol. The maximum absolute atomic E-state index is 13.3. The number of para-hydroxylation sites is 1. The smallest absolute Gasteiger partial charge is 0.256 e. The standard InChI is InChI=1S/C25H21BrN2O3/c1-15-8-11-22(20(26)12-15)28-25(29)19-14-23(27-21-7-5-4-6-17(19)21)18-10-9-16(30-2)13-24(18)31-3/h4-14H,1-3H3,(H,28,29). The lowest BCUT2D eigenvalue weighted by atomic mass is 10.0. The third kappa shape index (κ3) is 4.25. The highest BCUT2D eigenvalue weighted by atomic mass is 79.9. The van der Waals surface area contributed by atoms with Gasteiger partial charge in [-0.15, -0.1) is 0 Å². The normalized spacial score (nSPS) is 10.7. The quantitative estimate of drug-likeness (QED) is 0.370. The van der Waals surface area contributed by atoms with Crippen molar-refractivity contribution in [2.24, 2.45) is 0 Å². The molecule has 0 bridgehead atoms. The first kappa shape index (κ1) is 20.9. The molecule has 1 aromatic heterocycles. The molecule has 156 valence electrons. The van der Waals surface area contributed by atoms with E-state index in [1.54, 1.807) is 26.4 Å². The monoisotopic (exact) mass is 476 g/mol. The number of amides is 1. The molecule has 4 rings (SSSR count). The van der Waals surface area contributed by atoms with Gasteiger partial charge in [0.1, 0.15) is 11.5 Å². The summed E-state index contributed by atoms with van der Waals surface area (Å²) in [5.74, 6) is 1.09. The molecule has 0 aliphatic carbocycles. The van der Waals surface area contributed by atoms with Gasteiger partial charge in [-0.05, 0) is 64.8 Å². The lowest BCUT2D eigenvalue weighted by Gasteiger charge is -2.14.